The van der Waals surface area contributed by atoms with Gasteiger partial charge in [-0.05, 0) is 42.3 Å². The third-order valence-corrected chi connectivity index (χ3v) is 4.70. The number of carbonyl (C=O) groups excluding carboxylic acids is 1. The summed E-state index contributed by atoms with van der Waals surface area (Å²) >= 11 is 1.53. The molecule has 2 aromatic rings. The van der Waals surface area contributed by atoms with Crippen LogP contribution < -0.4 is 5.32 Å². The molecular formula is C19H20FNO3S. The Hall–Kier alpha value is -2.34. The molecule has 2 aromatic carbocycles. The zero-order chi connectivity index (χ0) is 18.2. The minimum Gasteiger partial charge on any atom is -0.481 e. The van der Waals surface area contributed by atoms with Crippen LogP contribution >= 0.6 is 11.8 Å². The lowest BCUT2D eigenvalue weighted by Gasteiger charge is -2.13. The molecule has 0 radical (unpaired) electrons. The van der Waals surface area contributed by atoms with Crippen molar-refractivity contribution in [2.75, 3.05) is 11.1 Å². The SMILES string of the molecule is CC(C(=O)Nc1cccc(CSCCC(=O)O)c1)c1cccc(F)c1. The van der Waals surface area contributed by atoms with E-state index in [0.29, 0.717) is 22.8 Å². The quantitative estimate of drug-likeness (QED) is 0.689. The third kappa shape index (κ3) is 6.23. The molecule has 0 saturated carbocycles. The van der Waals surface area contributed by atoms with Gasteiger partial charge < -0.3 is 10.4 Å². The lowest BCUT2D eigenvalue weighted by molar-refractivity contribution is -0.136. The summed E-state index contributed by atoms with van der Waals surface area (Å²) in [4.78, 5) is 22.9. The smallest absolute Gasteiger partial charge is 0.304 e. The highest BCUT2D eigenvalue weighted by Gasteiger charge is 2.16. The zero-order valence-corrected chi connectivity index (χ0v) is 14.7. The molecule has 0 aliphatic heterocycles. The minimum atomic E-state index is -0.806. The standard InChI is InChI=1S/C19H20FNO3S/c1-13(15-5-3-6-16(20)11-15)19(24)21-17-7-2-4-14(10-17)12-25-9-8-18(22)23/h2-7,10-11,13H,8-9,12H2,1H3,(H,21,24)(H,22,23). The van der Waals surface area contributed by atoms with Crippen molar-refractivity contribution in [3.63, 3.8) is 0 Å². The van der Waals surface area contributed by atoms with Gasteiger partial charge in [-0.15, -0.1) is 0 Å². The number of carbonyl (C=O) groups is 2. The fraction of sp³-hybridized carbons (Fsp3) is 0.263. The highest BCUT2D eigenvalue weighted by atomic mass is 32.2. The third-order valence-electron chi connectivity index (χ3n) is 3.67. The van der Waals surface area contributed by atoms with E-state index in [-0.39, 0.29) is 18.1 Å². The maximum atomic E-state index is 13.3. The first-order valence-corrected chi connectivity index (χ1v) is 9.06. The molecule has 2 rings (SSSR count). The van der Waals surface area contributed by atoms with Crippen molar-refractivity contribution in [3.05, 3.63) is 65.5 Å². The number of carboxylic acids is 1. The second kappa shape index (κ2) is 9.22. The number of carboxylic acid groups (broad SMARTS) is 1. The van der Waals surface area contributed by atoms with E-state index in [1.54, 1.807) is 25.1 Å². The van der Waals surface area contributed by atoms with Gasteiger partial charge in [0.1, 0.15) is 5.82 Å². The van der Waals surface area contributed by atoms with Crippen LogP contribution in [0.1, 0.15) is 30.4 Å². The molecule has 4 nitrogen and oxygen atoms in total. The number of hydrogen-bond acceptors (Lipinski definition) is 3. The van der Waals surface area contributed by atoms with E-state index in [4.69, 9.17) is 5.11 Å². The molecule has 0 spiro atoms. The van der Waals surface area contributed by atoms with E-state index in [2.05, 4.69) is 5.32 Å². The Morgan fingerprint density at radius 1 is 1.20 bits per heavy atom. The summed E-state index contributed by atoms with van der Waals surface area (Å²) in [7, 11) is 0. The molecule has 1 atom stereocenters. The molecule has 25 heavy (non-hydrogen) atoms. The first-order chi connectivity index (χ1) is 12.0. The summed E-state index contributed by atoms with van der Waals surface area (Å²) in [5.41, 5.74) is 2.30. The molecule has 0 aliphatic rings. The van der Waals surface area contributed by atoms with Gasteiger partial charge >= 0.3 is 5.97 Å². The molecule has 0 bridgehead atoms. The summed E-state index contributed by atoms with van der Waals surface area (Å²) in [6.45, 7) is 1.73. The van der Waals surface area contributed by atoms with E-state index in [9.17, 15) is 14.0 Å². The lowest BCUT2D eigenvalue weighted by atomic mass is 10.00. The first kappa shape index (κ1) is 19.0. The second-order valence-corrected chi connectivity index (χ2v) is 6.77. The van der Waals surface area contributed by atoms with E-state index in [1.165, 1.54) is 23.9 Å². The first-order valence-electron chi connectivity index (χ1n) is 7.90. The van der Waals surface area contributed by atoms with Crippen molar-refractivity contribution in [2.45, 2.75) is 25.0 Å². The Morgan fingerprint density at radius 2 is 1.96 bits per heavy atom. The number of hydrogen-bond donors (Lipinski definition) is 2. The minimum absolute atomic E-state index is 0.131. The van der Waals surface area contributed by atoms with Gasteiger partial charge in [0.2, 0.25) is 5.91 Å². The van der Waals surface area contributed by atoms with Crippen molar-refractivity contribution in [1.82, 2.24) is 0 Å². The van der Waals surface area contributed by atoms with Crippen molar-refractivity contribution in [3.8, 4) is 0 Å². The Balaban J connectivity index is 1.94. The predicted octanol–water partition coefficient (Wildman–Crippen LogP) is 4.28. The van der Waals surface area contributed by atoms with E-state index >= 15 is 0 Å². The summed E-state index contributed by atoms with van der Waals surface area (Å²) in [6, 6.07) is 13.5. The van der Waals surface area contributed by atoms with Crippen LogP contribution in [0.5, 0.6) is 0 Å². The van der Waals surface area contributed by atoms with E-state index in [1.807, 2.05) is 18.2 Å². The van der Waals surface area contributed by atoms with Gasteiger partial charge in [-0.2, -0.15) is 11.8 Å². The average molecular weight is 361 g/mol. The number of halogens is 1. The molecule has 6 heteroatoms. The Labute approximate surface area is 150 Å². The molecule has 1 amide bonds. The van der Waals surface area contributed by atoms with Crippen LogP contribution in [0.2, 0.25) is 0 Å². The number of anilines is 1. The van der Waals surface area contributed by atoms with Crippen molar-refractivity contribution in [1.29, 1.82) is 0 Å². The number of rotatable bonds is 8. The highest BCUT2D eigenvalue weighted by molar-refractivity contribution is 7.98. The molecule has 0 fully saturated rings. The molecule has 0 heterocycles. The maximum absolute atomic E-state index is 13.3. The normalized spacial score (nSPS) is 11.8. The molecular weight excluding hydrogens is 341 g/mol. The summed E-state index contributed by atoms with van der Waals surface area (Å²) in [5, 5.41) is 11.5. The number of benzene rings is 2. The number of thioether (sulfide) groups is 1. The van der Waals surface area contributed by atoms with Crippen LogP contribution in [0.25, 0.3) is 0 Å². The molecule has 2 N–H and O–H groups in total. The Bertz CT molecular complexity index is 751. The summed E-state index contributed by atoms with van der Waals surface area (Å²) in [6.07, 6.45) is 0.131. The van der Waals surface area contributed by atoms with Crippen molar-refractivity contribution in [2.24, 2.45) is 0 Å². The summed E-state index contributed by atoms with van der Waals surface area (Å²) < 4.78 is 13.3. The van der Waals surface area contributed by atoms with Gasteiger partial charge in [-0.25, -0.2) is 4.39 Å². The van der Waals surface area contributed by atoms with Gasteiger partial charge in [0.25, 0.3) is 0 Å². The monoisotopic (exact) mass is 361 g/mol. The summed E-state index contributed by atoms with van der Waals surface area (Å²) in [5.74, 6) is -0.623. The van der Waals surface area contributed by atoms with Crippen LogP contribution in [0, 0.1) is 5.82 Å². The predicted molar refractivity (Wildman–Crippen MR) is 98.3 cm³/mol. The topological polar surface area (TPSA) is 66.4 Å². The van der Waals surface area contributed by atoms with Crippen LogP contribution in [-0.2, 0) is 15.3 Å². The van der Waals surface area contributed by atoms with E-state index < -0.39 is 11.9 Å². The zero-order valence-electron chi connectivity index (χ0n) is 13.9. The van der Waals surface area contributed by atoms with Gasteiger partial charge in [0.15, 0.2) is 0 Å². The fourth-order valence-electron chi connectivity index (χ4n) is 2.27. The highest BCUT2D eigenvalue weighted by Crippen LogP contribution is 2.21. The Morgan fingerprint density at radius 3 is 2.68 bits per heavy atom. The lowest BCUT2D eigenvalue weighted by Crippen LogP contribution is -2.19. The maximum Gasteiger partial charge on any atom is 0.304 e. The fourth-order valence-corrected chi connectivity index (χ4v) is 3.14. The molecule has 132 valence electrons. The van der Waals surface area contributed by atoms with Gasteiger partial charge in [0.05, 0.1) is 12.3 Å². The largest absolute Gasteiger partial charge is 0.481 e. The van der Waals surface area contributed by atoms with Crippen molar-refractivity contribution >= 4 is 29.3 Å². The van der Waals surface area contributed by atoms with Gasteiger partial charge in [0, 0.05) is 17.2 Å². The van der Waals surface area contributed by atoms with Crippen LogP contribution in [0.4, 0.5) is 10.1 Å². The van der Waals surface area contributed by atoms with Crippen molar-refractivity contribution < 1.29 is 19.1 Å². The number of aliphatic carboxylic acids is 1. The Kier molecular flexibility index (Phi) is 7.01. The van der Waals surface area contributed by atoms with Gasteiger partial charge in [-0.1, -0.05) is 24.3 Å². The molecule has 0 aliphatic carbocycles. The molecule has 1 unspecified atom stereocenters. The van der Waals surface area contributed by atoms with Gasteiger partial charge in [-0.3, -0.25) is 9.59 Å². The molecule has 0 saturated heterocycles. The van der Waals surface area contributed by atoms with E-state index in [0.717, 1.165) is 5.56 Å². The van der Waals surface area contributed by atoms with Crippen LogP contribution in [0.3, 0.4) is 0 Å². The average Bonchev–Trinajstić information content (AvgIpc) is 2.58. The second-order valence-electron chi connectivity index (χ2n) is 5.66. The number of amides is 1. The molecule has 0 aromatic heterocycles. The van der Waals surface area contributed by atoms with Crippen LogP contribution in [0.15, 0.2) is 48.5 Å². The number of nitrogens with one attached hydrogen (secondary N) is 1. The van der Waals surface area contributed by atoms with Crippen LogP contribution in [-0.4, -0.2) is 22.7 Å².